The molecule has 1 amide bonds. The summed E-state index contributed by atoms with van der Waals surface area (Å²) >= 11 is 8.15. The zero-order chi connectivity index (χ0) is 42.7. The number of carbonyl (C=O) groups excluding carboxylic acids is 1. The standard InChI is InChI=1S/C44H45ClF3N7O4S/c1-7-9-29-20-30(54(23-27-10-14-31(57-4)15-11-27)24-28-12-16-32(58-5)17-13-28)21-33(38(29)44(46,47)48)37-22-35-34(26-59-37)41(50-43(49-35)60-6)53-18-8-19-55-36(25-53)39(45)40(51-55)42(56)52(2)3/h10-17,20-21,37H,8,18-19,22-26H2,1-6H3. The third-order valence-electron chi connectivity index (χ3n) is 10.6. The maximum absolute atomic E-state index is 15.3. The number of amides is 1. The summed E-state index contributed by atoms with van der Waals surface area (Å²) in [6.07, 6.45) is -3.14. The van der Waals surface area contributed by atoms with Crippen LogP contribution >= 0.6 is 23.4 Å². The molecule has 1 atom stereocenters. The molecule has 2 aromatic heterocycles. The van der Waals surface area contributed by atoms with Crippen LogP contribution in [-0.4, -0.2) is 71.7 Å². The summed E-state index contributed by atoms with van der Waals surface area (Å²) in [6, 6.07) is 18.3. The summed E-state index contributed by atoms with van der Waals surface area (Å²) in [4.78, 5) is 28.2. The first-order valence-corrected chi connectivity index (χ1v) is 20.9. The third-order valence-corrected chi connectivity index (χ3v) is 11.5. The van der Waals surface area contributed by atoms with Gasteiger partial charge in [0.05, 0.1) is 55.4 Å². The number of ether oxygens (including phenoxy) is 3. The lowest BCUT2D eigenvalue weighted by Crippen LogP contribution is -2.29. The van der Waals surface area contributed by atoms with Crippen LogP contribution in [0.2, 0.25) is 5.02 Å². The van der Waals surface area contributed by atoms with Crippen LogP contribution in [-0.2, 0) is 50.1 Å². The topological polar surface area (TPSA) is 98.1 Å². The van der Waals surface area contributed by atoms with Crippen molar-refractivity contribution in [3.05, 3.63) is 116 Å². The molecule has 0 aliphatic carbocycles. The van der Waals surface area contributed by atoms with E-state index in [1.165, 1.54) is 29.7 Å². The molecule has 0 bridgehead atoms. The van der Waals surface area contributed by atoms with Gasteiger partial charge in [-0.05, 0) is 72.7 Å². The monoisotopic (exact) mass is 859 g/mol. The number of thioether (sulfide) groups is 1. The lowest BCUT2D eigenvalue weighted by atomic mass is 9.91. The summed E-state index contributed by atoms with van der Waals surface area (Å²) in [7, 11) is 6.48. The van der Waals surface area contributed by atoms with Gasteiger partial charge in [-0.2, -0.15) is 18.3 Å². The molecule has 0 N–H and O–H groups in total. The molecule has 16 heteroatoms. The van der Waals surface area contributed by atoms with E-state index in [-0.39, 0.29) is 40.8 Å². The zero-order valence-electron chi connectivity index (χ0n) is 34.2. The van der Waals surface area contributed by atoms with Gasteiger partial charge in [-0.15, -0.1) is 5.92 Å². The summed E-state index contributed by atoms with van der Waals surface area (Å²) in [6.45, 7) is 3.70. The number of fused-ring (bicyclic) bond motifs is 2. The van der Waals surface area contributed by atoms with Crippen molar-refractivity contribution < 1.29 is 32.2 Å². The molecule has 3 aromatic carbocycles. The second-order valence-corrected chi connectivity index (χ2v) is 15.8. The molecule has 7 rings (SSSR count). The molecule has 314 valence electrons. The highest BCUT2D eigenvalue weighted by Crippen LogP contribution is 2.44. The number of halogens is 4. The number of hydrogen-bond donors (Lipinski definition) is 0. The largest absolute Gasteiger partial charge is 0.497 e. The lowest BCUT2D eigenvalue weighted by Gasteiger charge is -2.33. The van der Waals surface area contributed by atoms with Crippen molar-refractivity contribution in [3.63, 3.8) is 0 Å². The summed E-state index contributed by atoms with van der Waals surface area (Å²) in [5.74, 6) is 7.20. The van der Waals surface area contributed by atoms with Gasteiger partial charge in [-0.25, -0.2) is 9.97 Å². The van der Waals surface area contributed by atoms with E-state index >= 15 is 13.2 Å². The minimum Gasteiger partial charge on any atom is -0.497 e. The Kier molecular flexibility index (Phi) is 12.8. The molecule has 0 spiro atoms. The predicted octanol–water partition coefficient (Wildman–Crippen LogP) is 8.59. The molecule has 5 aromatic rings. The number of aromatic nitrogens is 4. The smallest absolute Gasteiger partial charge is 0.417 e. The number of rotatable bonds is 11. The fraction of sp³-hybridized carbons (Fsp3) is 0.364. The summed E-state index contributed by atoms with van der Waals surface area (Å²) in [5.41, 5.74) is 3.58. The molecular weight excluding hydrogens is 815 g/mol. The molecule has 0 saturated carbocycles. The highest BCUT2D eigenvalue weighted by Gasteiger charge is 2.41. The SMILES string of the molecule is CC#Cc1cc(N(Cc2ccc(OC)cc2)Cc2ccc(OC)cc2)cc(C2Cc3nc(SC)nc(N4CCCn5nc(C(=O)N(C)C)c(Cl)c5C4)c3CO2)c1C(F)(F)F. The third kappa shape index (κ3) is 9.01. The van der Waals surface area contributed by atoms with Gasteiger partial charge < -0.3 is 28.9 Å². The first-order chi connectivity index (χ1) is 28.8. The fourth-order valence-corrected chi connectivity index (χ4v) is 8.23. The van der Waals surface area contributed by atoms with Crippen molar-refractivity contribution in [2.75, 3.05) is 50.9 Å². The number of anilines is 2. The normalized spacial score (nSPS) is 15.0. The molecule has 4 heterocycles. The summed E-state index contributed by atoms with van der Waals surface area (Å²) < 4.78 is 65.0. The number of nitrogens with zero attached hydrogens (tertiary/aromatic N) is 7. The predicted molar refractivity (Wildman–Crippen MR) is 226 cm³/mol. The Morgan fingerprint density at radius 2 is 1.65 bits per heavy atom. The van der Waals surface area contributed by atoms with Crippen molar-refractivity contribution in [1.29, 1.82) is 0 Å². The van der Waals surface area contributed by atoms with Gasteiger partial charge in [0, 0.05) is 63.5 Å². The fourth-order valence-electron chi connectivity index (χ4n) is 7.57. The maximum atomic E-state index is 15.3. The van der Waals surface area contributed by atoms with E-state index in [0.717, 1.165) is 11.1 Å². The molecule has 1 unspecified atom stereocenters. The van der Waals surface area contributed by atoms with Gasteiger partial charge >= 0.3 is 6.18 Å². The van der Waals surface area contributed by atoms with E-state index in [1.807, 2.05) is 59.7 Å². The van der Waals surface area contributed by atoms with E-state index in [0.29, 0.717) is 84.3 Å². The first-order valence-electron chi connectivity index (χ1n) is 19.3. The zero-order valence-corrected chi connectivity index (χ0v) is 35.8. The van der Waals surface area contributed by atoms with Crippen LogP contribution in [0.25, 0.3) is 0 Å². The molecular formula is C44H45ClF3N7O4S. The molecule has 0 fully saturated rings. The first kappa shape index (κ1) is 42.7. The number of hydrogen-bond acceptors (Lipinski definition) is 10. The van der Waals surface area contributed by atoms with Gasteiger partial charge in [0.15, 0.2) is 10.9 Å². The van der Waals surface area contributed by atoms with Crippen molar-refractivity contribution in [2.24, 2.45) is 0 Å². The van der Waals surface area contributed by atoms with Crippen LogP contribution in [0.4, 0.5) is 24.7 Å². The number of aryl methyl sites for hydroxylation is 1. The van der Waals surface area contributed by atoms with Crippen molar-refractivity contribution in [1.82, 2.24) is 24.6 Å². The molecule has 0 saturated heterocycles. The van der Waals surface area contributed by atoms with Gasteiger partial charge in [0.1, 0.15) is 17.3 Å². The Hall–Kier alpha value is -5.43. The maximum Gasteiger partial charge on any atom is 0.417 e. The van der Waals surface area contributed by atoms with Gasteiger partial charge in [0.2, 0.25) is 0 Å². The molecule has 2 aliphatic heterocycles. The Morgan fingerprint density at radius 3 is 2.22 bits per heavy atom. The minimum absolute atomic E-state index is 0.0210. The van der Waals surface area contributed by atoms with E-state index in [1.54, 1.807) is 39.1 Å². The van der Waals surface area contributed by atoms with Gasteiger partial charge in [0.25, 0.3) is 5.91 Å². The second-order valence-electron chi connectivity index (χ2n) is 14.7. The summed E-state index contributed by atoms with van der Waals surface area (Å²) in [5, 5.41) is 5.30. The number of methoxy groups -OCH3 is 2. The van der Waals surface area contributed by atoms with E-state index in [4.69, 9.17) is 35.8 Å². The molecule has 60 heavy (non-hydrogen) atoms. The van der Waals surface area contributed by atoms with Crippen molar-refractivity contribution in [2.45, 2.75) is 70.0 Å². The number of benzene rings is 3. The number of carbonyl (C=O) groups is 1. The van der Waals surface area contributed by atoms with Crippen molar-refractivity contribution >= 4 is 40.8 Å². The van der Waals surface area contributed by atoms with Crippen LogP contribution < -0.4 is 19.3 Å². The Morgan fingerprint density at radius 1 is 1.00 bits per heavy atom. The van der Waals surface area contributed by atoms with Crippen LogP contribution in [0.15, 0.2) is 65.8 Å². The minimum atomic E-state index is -4.74. The Labute approximate surface area is 356 Å². The van der Waals surface area contributed by atoms with Gasteiger partial charge in [-0.1, -0.05) is 53.5 Å². The van der Waals surface area contributed by atoms with E-state index in [2.05, 4.69) is 21.8 Å². The Balaban J connectivity index is 1.29. The van der Waals surface area contributed by atoms with E-state index in [9.17, 15) is 4.79 Å². The van der Waals surface area contributed by atoms with Crippen LogP contribution in [0.1, 0.15) is 74.7 Å². The Bertz CT molecular complexity index is 2380. The average Bonchev–Trinajstić information content (AvgIpc) is 3.39. The highest BCUT2D eigenvalue weighted by atomic mass is 35.5. The van der Waals surface area contributed by atoms with Crippen LogP contribution in [0.3, 0.4) is 0 Å². The van der Waals surface area contributed by atoms with Crippen LogP contribution in [0, 0.1) is 11.8 Å². The second kappa shape index (κ2) is 18.0. The average molecular weight is 860 g/mol. The van der Waals surface area contributed by atoms with Gasteiger partial charge in [-0.3, -0.25) is 9.48 Å². The van der Waals surface area contributed by atoms with Crippen molar-refractivity contribution in [3.8, 4) is 23.3 Å². The van der Waals surface area contributed by atoms with E-state index < -0.39 is 17.8 Å². The lowest BCUT2D eigenvalue weighted by molar-refractivity contribution is -0.140. The van der Waals surface area contributed by atoms with Crippen LogP contribution in [0.5, 0.6) is 11.5 Å². The quantitative estimate of drug-likeness (QED) is 0.0730. The molecule has 0 radical (unpaired) electrons. The molecule has 2 aliphatic rings. The number of alkyl halides is 3. The molecule has 11 nitrogen and oxygen atoms in total. The highest BCUT2D eigenvalue weighted by molar-refractivity contribution is 7.98.